The summed E-state index contributed by atoms with van der Waals surface area (Å²) in [5.41, 5.74) is 2.61. The summed E-state index contributed by atoms with van der Waals surface area (Å²) in [6.45, 7) is 2.09. The zero-order valence-electron chi connectivity index (χ0n) is 14.2. The van der Waals surface area contributed by atoms with Gasteiger partial charge in [0.2, 0.25) is 5.91 Å². The monoisotopic (exact) mass is 340 g/mol. The van der Waals surface area contributed by atoms with E-state index in [1.807, 2.05) is 30.3 Å². The van der Waals surface area contributed by atoms with Crippen LogP contribution in [0.3, 0.4) is 0 Å². The van der Waals surface area contributed by atoms with E-state index in [2.05, 4.69) is 5.32 Å². The Morgan fingerprint density at radius 2 is 1.92 bits per heavy atom. The molecular weight excluding hydrogens is 320 g/mol. The fourth-order valence-electron chi connectivity index (χ4n) is 2.86. The van der Waals surface area contributed by atoms with Gasteiger partial charge >= 0.3 is 0 Å². The second-order valence-corrected chi connectivity index (χ2v) is 5.75. The second-order valence-electron chi connectivity index (χ2n) is 5.75. The van der Waals surface area contributed by atoms with E-state index in [0.29, 0.717) is 23.7 Å². The molecule has 0 aromatic heterocycles. The molecule has 0 bridgehead atoms. The van der Waals surface area contributed by atoms with Crippen LogP contribution >= 0.6 is 0 Å². The van der Waals surface area contributed by atoms with E-state index in [4.69, 9.17) is 9.47 Å². The Kier molecular flexibility index (Phi) is 4.88. The zero-order valence-corrected chi connectivity index (χ0v) is 14.2. The van der Waals surface area contributed by atoms with Crippen molar-refractivity contribution in [3.05, 3.63) is 48.0 Å². The Bertz CT molecular complexity index is 804. The average molecular weight is 340 g/mol. The molecule has 6 nitrogen and oxygen atoms in total. The fraction of sp³-hybridized carbons (Fsp3) is 0.263. The van der Waals surface area contributed by atoms with Crippen LogP contribution in [-0.4, -0.2) is 32.1 Å². The van der Waals surface area contributed by atoms with E-state index in [-0.39, 0.29) is 18.4 Å². The van der Waals surface area contributed by atoms with Gasteiger partial charge in [0.1, 0.15) is 0 Å². The number of methoxy groups -OCH3 is 1. The van der Waals surface area contributed by atoms with Gasteiger partial charge in [0.15, 0.2) is 18.1 Å². The number of hydrogen-bond donors (Lipinski definition) is 1. The van der Waals surface area contributed by atoms with Crippen molar-refractivity contribution in [2.24, 2.45) is 0 Å². The van der Waals surface area contributed by atoms with Gasteiger partial charge in [-0.05, 0) is 36.2 Å². The van der Waals surface area contributed by atoms with E-state index >= 15 is 0 Å². The maximum absolute atomic E-state index is 12.1. The van der Waals surface area contributed by atoms with Crippen molar-refractivity contribution in [2.45, 2.75) is 13.3 Å². The molecule has 130 valence electrons. The third-order valence-electron chi connectivity index (χ3n) is 4.07. The number of ether oxygens (including phenoxy) is 2. The zero-order chi connectivity index (χ0) is 17.8. The molecule has 6 heteroatoms. The minimum Gasteiger partial charge on any atom is -0.493 e. The molecule has 0 fully saturated rings. The summed E-state index contributed by atoms with van der Waals surface area (Å²) >= 11 is 0. The lowest BCUT2D eigenvalue weighted by Gasteiger charge is -2.16. The second kappa shape index (κ2) is 7.25. The van der Waals surface area contributed by atoms with E-state index in [1.54, 1.807) is 31.1 Å². The lowest BCUT2D eigenvalue weighted by atomic mass is 10.1. The summed E-state index contributed by atoms with van der Waals surface area (Å²) in [4.78, 5) is 25.5. The summed E-state index contributed by atoms with van der Waals surface area (Å²) < 4.78 is 10.7. The number of para-hydroxylation sites is 2. The van der Waals surface area contributed by atoms with Gasteiger partial charge in [-0.15, -0.1) is 0 Å². The van der Waals surface area contributed by atoms with Crippen LogP contribution in [0.15, 0.2) is 42.5 Å². The maximum atomic E-state index is 12.1. The molecule has 0 radical (unpaired) electrons. The number of hydrogen-bond acceptors (Lipinski definition) is 4. The quantitative estimate of drug-likeness (QED) is 0.908. The number of fused-ring (bicyclic) bond motifs is 1. The third-order valence-corrected chi connectivity index (χ3v) is 4.07. The highest BCUT2D eigenvalue weighted by Gasteiger charge is 2.22. The number of amides is 2. The number of nitrogens with zero attached hydrogens (tertiary/aromatic N) is 1. The Labute approximate surface area is 146 Å². The van der Waals surface area contributed by atoms with Crippen molar-refractivity contribution in [3.8, 4) is 11.5 Å². The topological polar surface area (TPSA) is 67.9 Å². The van der Waals surface area contributed by atoms with Crippen molar-refractivity contribution in [3.63, 3.8) is 0 Å². The number of nitrogens with one attached hydrogen (secondary N) is 1. The molecule has 2 aromatic rings. The first-order valence-electron chi connectivity index (χ1n) is 8.05. The summed E-state index contributed by atoms with van der Waals surface area (Å²) in [5.74, 6) is 0.807. The number of carbonyl (C=O) groups is 2. The van der Waals surface area contributed by atoms with Gasteiger partial charge in [-0.25, -0.2) is 0 Å². The molecule has 0 saturated carbocycles. The van der Waals surface area contributed by atoms with Gasteiger partial charge in [0.25, 0.3) is 5.91 Å². The summed E-state index contributed by atoms with van der Waals surface area (Å²) in [5, 5.41) is 2.80. The smallest absolute Gasteiger partial charge is 0.262 e. The molecule has 25 heavy (non-hydrogen) atoms. The van der Waals surface area contributed by atoms with Crippen LogP contribution in [-0.2, 0) is 16.0 Å². The lowest BCUT2D eigenvalue weighted by molar-refractivity contribution is -0.118. The normalized spacial score (nSPS) is 12.5. The maximum Gasteiger partial charge on any atom is 0.262 e. The van der Waals surface area contributed by atoms with Crippen LogP contribution in [0, 0.1) is 0 Å². The molecule has 0 aliphatic carbocycles. The van der Waals surface area contributed by atoms with Crippen LogP contribution < -0.4 is 19.7 Å². The van der Waals surface area contributed by atoms with E-state index < -0.39 is 0 Å². The van der Waals surface area contributed by atoms with Crippen LogP contribution in [0.2, 0.25) is 0 Å². The Morgan fingerprint density at radius 1 is 1.16 bits per heavy atom. The van der Waals surface area contributed by atoms with Gasteiger partial charge in [-0.3, -0.25) is 9.59 Å². The molecule has 0 saturated heterocycles. The first-order valence-corrected chi connectivity index (χ1v) is 8.05. The standard InChI is InChI=1S/C19H20N2O4/c1-13(22)21-10-9-14-7-8-15(11-16(14)21)20-19(23)12-25-18-6-4-3-5-17(18)24-2/h3-8,11H,9-10,12H2,1-2H3,(H,20,23). The highest BCUT2D eigenvalue weighted by molar-refractivity contribution is 5.96. The van der Waals surface area contributed by atoms with Gasteiger partial charge in [0.05, 0.1) is 7.11 Å². The van der Waals surface area contributed by atoms with Crippen molar-refractivity contribution in [1.82, 2.24) is 0 Å². The molecule has 2 amide bonds. The van der Waals surface area contributed by atoms with Gasteiger partial charge in [-0.1, -0.05) is 18.2 Å². The van der Waals surface area contributed by atoms with E-state index in [9.17, 15) is 9.59 Å². The molecule has 1 N–H and O–H groups in total. The van der Waals surface area contributed by atoms with Gasteiger partial charge in [-0.2, -0.15) is 0 Å². The molecule has 1 aliphatic rings. The van der Waals surface area contributed by atoms with Gasteiger partial charge in [0, 0.05) is 24.8 Å². The lowest BCUT2D eigenvalue weighted by Crippen LogP contribution is -2.26. The highest BCUT2D eigenvalue weighted by Crippen LogP contribution is 2.31. The Balaban J connectivity index is 1.64. The SMILES string of the molecule is COc1ccccc1OCC(=O)Nc1ccc2c(c1)N(C(C)=O)CC2. The summed E-state index contributed by atoms with van der Waals surface area (Å²) in [7, 11) is 1.55. The van der Waals surface area contributed by atoms with E-state index in [0.717, 1.165) is 17.7 Å². The first kappa shape index (κ1) is 16.8. The molecule has 2 aromatic carbocycles. The first-order chi connectivity index (χ1) is 12.1. The number of rotatable bonds is 5. The molecule has 1 heterocycles. The van der Waals surface area contributed by atoms with Crippen molar-refractivity contribution in [1.29, 1.82) is 0 Å². The third kappa shape index (κ3) is 3.74. The predicted octanol–water partition coefficient (Wildman–Crippen LogP) is 2.62. The summed E-state index contributed by atoms with van der Waals surface area (Å²) in [6.07, 6.45) is 0.833. The number of carbonyl (C=O) groups excluding carboxylic acids is 2. The molecule has 0 atom stereocenters. The average Bonchev–Trinajstić information content (AvgIpc) is 3.03. The molecule has 3 rings (SSSR count). The van der Waals surface area contributed by atoms with Crippen LogP contribution in [0.5, 0.6) is 11.5 Å². The minimum atomic E-state index is -0.279. The Morgan fingerprint density at radius 3 is 2.64 bits per heavy atom. The van der Waals surface area contributed by atoms with Crippen molar-refractivity contribution in [2.75, 3.05) is 30.5 Å². The summed E-state index contributed by atoms with van der Waals surface area (Å²) in [6, 6.07) is 12.8. The Hall–Kier alpha value is -3.02. The van der Waals surface area contributed by atoms with E-state index in [1.165, 1.54) is 0 Å². The van der Waals surface area contributed by atoms with Crippen LogP contribution in [0.1, 0.15) is 12.5 Å². The molecular formula is C19H20N2O4. The molecule has 0 spiro atoms. The fourth-order valence-corrected chi connectivity index (χ4v) is 2.86. The highest BCUT2D eigenvalue weighted by atomic mass is 16.5. The van der Waals surface area contributed by atoms with Crippen LogP contribution in [0.4, 0.5) is 11.4 Å². The molecule has 0 unspecified atom stereocenters. The molecule has 1 aliphatic heterocycles. The number of anilines is 2. The van der Waals surface area contributed by atoms with Crippen molar-refractivity contribution >= 4 is 23.2 Å². The minimum absolute atomic E-state index is 0.00160. The largest absolute Gasteiger partial charge is 0.493 e. The van der Waals surface area contributed by atoms with Crippen LogP contribution in [0.25, 0.3) is 0 Å². The predicted molar refractivity (Wildman–Crippen MR) is 95.3 cm³/mol. The number of benzene rings is 2. The van der Waals surface area contributed by atoms with Crippen molar-refractivity contribution < 1.29 is 19.1 Å². The van der Waals surface area contributed by atoms with Gasteiger partial charge < -0.3 is 19.7 Å².